The molecular formula is C17H9NO2. The fourth-order valence-corrected chi connectivity index (χ4v) is 2.67. The van der Waals surface area contributed by atoms with E-state index in [0.29, 0.717) is 22.3 Å². The highest BCUT2D eigenvalue weighted by Crippen LogP contribution is 2.29. The Morgan fingerprint density at radius 2 is 1.35 bits per heavy atom. The van der Waals surface area contributed by atoms with Gasteiger partial charge in [-0.15, -0.1) is 0 Å². The second kappa shape index (κ2) is 3.84. The second-order valence-corrected chi connectivity index (χ2v) is 4.80. The molecule has 0 spiro atoms. The van der Waals surface area contributed by atoms with Crippen molar-refractivity contribution in [2.24, 2.45) is 0 Å². The molecule has 0 bridgehead atoms. The molecule has 0 N–H and O–H groups in total. The van der Waals surface area contributed by atoms with Crippen LogP contribution in [0.1, 0.15) is 31.8 Å². The molecule has 94 valence electrons. The van der Waals surface area contributed by atoms with Gasteiger partial charge in [0.05, 0.1) is 5.52 Å². The molecule has 2 aromatic carbocycles. The number of nitrogens with zero attached hydrogens (tertiary/aromatic N) is 1. The van der Waals surface area contributed by atoms with Gasteiger partial charge in [0.1, 0.15) is 0 Å². The lowest BCUT2D eigenvalue weighted by atomic mass is 9.83. The first-order valence-electron chi connectivity index (χ1n) is 6.33. The zero-order chi connectivity index (χ0) is 13.7. The molecule has 3 heteroatoms. The van der Waals surface area contributed by atoms with Gasteiger partial charge in [-0.2, -0.15) is 0 Å². The Balaban J connectivity index is 2.08. The van der Waals surface area contributed by atoms with Gasteiger partial charge in [-0.25, -0.2) is 0 Å². The summed E-state index contributed by atoms with van der Waals surface area (Å²) in [6.07, 6.45) is 1.68. The normalized spacial score (nSPS) is 13.2. The lowest BCUT2D eigenvalue weighted by Gasteiger charge is -2.17. The number of fused-ring (bicyclic) bond motifs is 3. The van der Waals surface area contributed by atoms with E-state index >= 15 is 0 Å². The lowest BCUT2D eigenvalue weighted by Crippen LogP contribution is -2.20. The van der Waals surface area contributed by atoms with E-state index in [9.17, 15) is 9.59 Å². The van der Waals surface area contributed by atoms with Crippen molar-refractivity contribution in [3.05, 3.63) is 77.0 Å². The number of rotatable bonds is 0. The highest BCUT2D eigenvalue weighted by Gasteiger charge is 2.29. The Labute approximate surface area is 114 Å². The summed E-state index contributed by atoms with van der Waals surface area (Å²) in [5, 5.41) is 0.867. The van der Waals surface area contributed by atoms with Crippen LogP contribution < -0.4 is 0 Å². The number of ketones is 2. The molecule has 0 fully saturated rings. The first-order chi connectivity index (χ1) is 9.75. The molecular weight excluding hydrogens is 250 g/mol. The van der Waals surface area contributed by atoms with E-state index in [2.05, 4.69) is 4.98 Å². The quantitative estimate of drug-likeness (QED) is 0.487. The Hall–Kier alpha value is -2.81. The minimum Gasteiger partial charge on any atom is -0.289 e. The number of aromatic nitrogens is 1. The third-order valence-corrected chi connectivity index (χ3v) is 3.65. The predicted octanol–water partition coefficient (Wildman–Crippen LogP) is 3.01. The lowest BCUT2D eigenvalue weighted by molar-refractivity contribution is 0.0979. The van der Waals surface area contributed by atoms with E-state index in [4.69, 9.17) is 0 Å². The minimum atomic E-state index is -0.109. The number of pyridine rings is 1. The van der Waals surface area contributed by atoms with Crippen LogP contribution in [0, 0.1) is 0 Å². The third-order valence-electron chi connectivity index (χ3n) is 3.65. The van der Waals surface area contributed by atoms with Gasteiger partial charge in [-0.3, -0.25) is 14.6 Å². The van der Waals surface area contributed by atoms with Crippen molar-refractivity contribution in [1.29, 1.82) is 0 Å². The van der Waals surface area contributed by atoms with Crippen LogP contribution in [0.15, 0.2) is 54.7 Å². The molecule has 0 aliphatic heterocycles. The van der Waals surface area contributed by atoms with Crippen molar-refractivity contribution >= 4 is 22.5 Å². The monoisotopic (exact) mass is 259 g/mol. The van der Waals surface area contributed by atoms with Crippen LogP contribution in [0.3, 0.4) is 0 Å². The average molecular weight is 259 g/mol. The molecule has 0 saturated carbocycles. The van der Waals surface area contributed by atoms with Crippen molar-refractivity contribution in [3.8, 4) is 0 Å². The molecule has 0 unspecified atom stereocenters. The first kappa shape index (κ1) is 11.1. The van der Waals surface area contributed by atoms with E-state index in [1.54, 1.807) is 42.6 Å². The SMILES string of the molecule is O=C1c2ccccc2C(=O)c2cc3ncccc3cc21. The highest BCUT2D eigenvalue weighted by atomic mass is 16.1. The van der Waals surface area contributed by atoms with E-state index in [-0.39, 0.29) is 11.6 Å². The molecule has 0 amide bonds. The van der Waals surface area contributed by atoms with Gasteiger partial charge in [0, 0.05) is 33.8 Å². The second-order valence-electron chi connectivity index (χ2n) is 4.80. The van der Waals surface area contributed by atoms with E-state index in [1.807, 2.05) is 12.1 Å². The molecule has 1 aliphatic carbocycles. The highest BCUT2D eigenvalue weighted by molar-refractivity contribution is 6.29. The fraction of sp³-hybridized carbons (Fsp3) is 0. The molecule has 1 heterocycles. The van der Waals surface area contributed by atoms with Crippen LogP contribution in [0.25, 0.3) is 10.9 Å². The molecule has 1 aliphatic rings. The fourth-order valence-electron chi connectivity index (χ4n) is 2.67. The van der Waals surface area contributed by atoms with Gasteiger partial charge >= 0.3 is 0 Å². The maximum atomic E-state index is 12.5. The third kappa shape index (κ3) is 1.37. The summed E-state index contributed by atoms with van der Waals surface area (Å²) in [7, 11) is 0. The van der Waals surface area contributed by atoms with Crippen molar-refractivity contribution in [3.63, 3.8) is 0 Å². The van der Waals surface area contributed by atoms with Crippen LogP contribution in [0.4, 0.5) is 0 Å². The summed E-state index contributed by atoms with van der Waals surface area (Å²) in [6, 6.07) is 14.1. The Kier molecular flexibility index (Phi) is 2.12. The average Bonchev–Trinajstić information content (AvgIpc) is 2.51. The first-order valence-corrected chi connectivity index (χ1v) is 6.33. The van der Waals surface area contributed by atoms with Gasteiger partial charge in [-0.05, 0) is 18.2 Å². The van der Waals surface area contributed by atoms with E-state index < -0.39 is 0 Å². The van der Waals surface area contributed by atoms with Crippen LogP contribution in [0.2, 0.25) is 0 Å². The number of benzene rings is 2. The molecule has 0 radical (unpaired) electrons. The standard InChI is InChI=1S/C17H9NO2/c19-16-11-5-1-2-6-12(11)17(20)14-9-15-10(8-13(14)16)4-3-7-18-15/h1-9H. The summed E-state index contributed by atoms with van der Waals surface area (Å²) in [4.78, 5) is 29.3. The maximum Gasteiger partial charge on any atom is 0.194 e. The van der Waals surface area contributed by atoms with Crippen molar-refractivity contribution in [2.75, 3.05) is 0 Å². The van der Waals surface area contributed by atoms with Crippen LogP contribution in [0.5, 0.6) is 0 Å². The van der Waals surface area contributed by atoms with Gasteiger partial charge in [0.2, 0.25) is 0 Å². The van der Waals surface area contributed by atoms with Gasteiger partial charge in [0.25, 0.3) is 0 Å². The minimum absolute atomic E-state index is 0.0963. The van der Waals surface area contributed by atoms with Gasteiger partial charge < -0.3 is 0 Å². The summed E-state index contributed by atoms with van der Waals surface area (Å²) in [5.74, 6) is -0.205. The number of hydrogen-bond acceptors (Lipinski definition) is 3. The summed E-state index contributed by atoms with van der Waals surface area (Å²) >= 11 is 0. The molecule has 0 saturated heterocycles. The summed E-state index contributed by atoms with van der Waals surface area (Å²) in [6.45, 7) is 0. The maximum absolute atomic E-state index is 12.5. The zero-order valence-electron chi connectivity index (χ0n) is 10.5. The van der Waals surface area contributed by atoms with Crippen LogP contribution in [-0.4, -0.2) is 16.6 Å². The van der Waals surface area contributed by atoms with Crippen LogP contribution in [-0.2, 0) is 0 Å². The Morgan fingerprint density at radius 3 is 2.05 bits per heavy atom. The number of carbonyl (C=O) groups is 2. The topological polar surface area (TPSA) is 47.0 Å². The van der Waals surface area contributed by atoms with Crippen molar-refractivity contribution < 1.29 is 9.59 Å². The molecule has 4 rings (SSSR count). The number of carbonyl (C=O) groups excluding carboxylic acids is 2. The Bertz CT molecular complexity index is 823. The predicted molar refractivity (Wildman–Crippen MR) is 75.1 cm³/mol. The molecule has 1 aromatic heterocycles. The molecule has 3 nitrogen and oxygen atoms in total. The van der Waals surface area contributed by atoms with Gasteiger partial charge in [0.15, 0.2) is 11.6 Å². The molecule has 0 atom stereocenters. The van der Waals surface area contributed by atoms with E-state index in [1.165, 1.54) is 0 Å². The van der Waals surface area contributed by atoms with E-state index in [0.717, 1.165) is 10.9 Å². The van der Waals surface area contributed by atoms with Crippen molar-refractivity contribution in [2.45, 2.75) is 0 Å². The van der Waals surface area contributed by atoms with Gasteiger partial charge in [-0.1, -0.05) is 30.3 Å². The van der Waals surface area contributed by atoms with Crippen molar-refractivity contribution in [1.82, 2.24) is 4.98 Å². The summed E-state index contributed by atoms with van der Waals surface area (Å²) in [5.41, 5.74) is 2.59. The zero-order valence-corrected chi connectivity index (χ0v) is 10.5. The molecule has 20 heavy (non-hydrogen) atoms. The largest absolute Gasteiger partial charge is 0.289 e. The summed E-state index contributed by atoms with van der Waals surface area (Å²) < 4.78 is 0. The Morgan fingerprint density at radius 1 is 0.700 bits per heavy atom. The molecule has 3 aromatic rings. The smallest absolute Gasteiger partial charge is 0.194 e. The van der Waals surface area contributed by atoms with Crippen LogP contribution >= 0.6 is 0 Å². The number of hydrogen-bond donors (Lipinski definition) is 0.